The van der Waals surface area contributed by atoms with Crippen LogP contribution in [-0.4, -0.2) is 23.7 Å². The van der Waals surface area contributed by atoms with Crippen LogP contribution in [0.2, 0.25) is 0 Å². The van der Waals surface area contributed by atoms with Crippen LogP contribution in [0.5, 0.6) is 0 Å². The van der Waals surface area contributed by atoms with Crippen molar-refractivity contribution in [2.24, 2.45) is 8.80 Å². The van der Waals surface area contributed by atoms with E-state index in [2.05, 4.69) is 8.80 Å². The summed E-state index contributed by atoms with van der Waals surface area (Å²) in [5.74, 6) is 1.62. The maximum absolute atomic E-state index is 9.97. The molecule has 0 aromatic rings. The highest BCUT2D eigenvalue weighted by Crippen LogP contribution is 2.66. The van der Waals surface area contributed by atoms with Gasteiger partial charge in [-0.3, -0.25) is 0 Å². The number of hydrogen-bond donors (Lipinski definition) is 0. The molecule has 11 heavy (non-hydrogen) atoms. The smallest absolute Gasteiger partial charge is 0.210 e. The van der Waals surface area contributed by atoms with Gasteiger partial charge in [-0.05, 0) is 6.42 Å². The van der Waals surface area contributed by atoms with Crippen molar-refractivity contribution in [3.8, 4) is 0 Å². The van der Waals surface area contributed by atoms with Crippen LogP contribution in [0.4, 0.5) is 0 Å². The van der Waals surface area contributed by atoms with Gasteiger partial charge in [0.15, 0.2) is 0 Å². The van der Waals surface area contributed by atoms with E-state index in [9.17, 15) is 9.59 Å². The first-order valence-corrected chi connectivity index (χ1v) is 6.18. The lowest BCUT2D eigenvalue weighted by Gasteiger charge is -2.17. The lowest BCUT2D eigenvalue weighted by atomic mass is 10.6. The molecule has 60 valence electrons. The van der Waals surface area contributed by atoms with Crippen LogP contribution in [0.1, 0.15) is 6.42 Å². The van der Waals surface area contributed by atoms with Crippen LogP contribution in [0, 0.1) is 0 Å². The minimum absolute atomic E-state index is 0.710. The van der Waals surface area contributed by atoms with Gasteiger partial charge in [0.1, 0.15) is 0 Å². The number of nitrogens with zero attached hydrogens (tertiary/aromatic N) is 2. The molecule has 4 nitrogen and oxygen atoms in total. The third kappa shape index (κ3) is 1.94. The lowest BCUT2D eigenvalue weighted by Crippen LogP contribution is -1.85. The minimum atomic E-state index is -1.74. The largest absolute Gasteiger partial charge is 0.248 e. The second-order valence-electron chi connectivity index (χ2n) is 1.85. The van der Waals surface area contributed by atoms with Crippen molar-refractivity contribution in [2.75, 3.05) is 11.5 Å². The molecule has 1 aliphatic rings. The van der Waals surface area contributed by atoms with Crippen LogP contribution in [0.3, 0.4) is 0 Å². The molecule has 0 spiro atoms. The van der Waals surface area contributed by atoms with Gasteiger partial charge in [0.05, 0.1) is 0 Å². The second-order valence-corrected chi connectivity index (χ2v) is 6.79. The lowest BCUT2D eigenvalue weighted by molar-refractivity contribution is 0.566. The average molecular weight is 190 g/mol. The van der Waals surface area contributed by atoms with Crippen LogP contribution >= 0.6 is 20.2 Å². The monoisotopic (exact) mass is 190 g/mol. The molecule has 0 saturated carbocycles. The summed E-state index contributed by atoms with van der Waals surface area (Å²) in [4.78, 5) is 19.9. The number of hydrogen-bond acceptors (Lipinski definition) is 5. The van der Waals surface area contributed by atoms with Crippen molar-refractivity contribution < 1.29 is 9.59 Å². The first-order chi connectivity index (χ1) is 5.33. The van der Waals surface area contributed by atoms with E-state index in [0.717, 1.165) is 12.2 Å². The zero-order chi connectivity index (χ0) is 8.16. The fourth-order valence-electron chi connectivity index (χ4n) is 0.779. The fourth-order valence-corrected chi connectivity index (χ4v) is 5.05. The first-order valence-electron chi connectivity index (χ1n) is 2.96. The predicted molar refractivity (Wildman–Crippen MR) is 45.8 cm³/mol. The summed E-state index contributed by atoms with van der Waals surface area (Å²) < 4.78 is 7.11. The molecule has 1 heterocycles. The van der Waals surface area contributed by atoms with Crippen molar-refractivity contribution in [3.05, 3.63) is 0 Å². The van der Waals surface area contributed by atoms with Crippen molar-refractivity contribution in [3.63, 3.8) is 0 Å². The fraction of sp³-hybridized carbons (Fsp3) is 0.600. The third-order valence-corrected chi connectivity index (χ3v) is 6.14. The maximum atomic E-state index is 9.97. The first kappa shape index (κ1) is 8.56. The SMILES string of the molecule is O=C=NS1(N=C=O)CCCS1. The maximum Gasteiger partial charge on any atom is 0.248 e. The topological polar surface area (TPSA) is 58.9 Å². The Hall–Kier alpha value is -0.540. The Morgan fingerprint density at radius 2 is 1.91 bits per heavy atom. The highest BCUT2D eigenvalue weighted by atomic mass is 33.2. The number of rotatable bonds is 2. The Morgan fingerprint density at radius 1 is 1.27 bits per heavy atom. The van der Waals surface area contributed by atoms with Crippen LogP contribution in [0.15, 0.2) is 8.80 Å². The van der Waals surface area contributed by atoms with Gasteiger partial charge in [-0.1, -0.05) is 10.8 Å². The predicted octanol–water partition coefficient (Wildman–Crippen LogP) is 1.34. The van der Waals surface area contributed by atoms with E-state index in [1.165, 1.54) is 23.0 Å². The summed E-state index contributed by atoms with van der Waals surface area (Å²) >= 11 is 0. The summed E-state index contributed by atoms with van der Waals surface area (Å²) in [7, 11) is -0.278. The second kappa shape index (κ2) is 3.74. The summed E-state index contributed by atoms with van der Waals surface area (Å²) in [5.41, 5.74) is 0. The van der Waals surface area contributed by atoms with Crippen molar-refractivity contribution in [1.29, 1.82) is 0 Å². The zero-order valence-electron chi connectivity index (χ0n) is 5.65. The van der Waals surface area contributed by atoms with Gasteiger partial charge < -0.3 is 0 Å². The molecule has 0 radical (unpaired) electrons. The normalized spacial score (nSPS) is 34.5. The standard InChI is InChI=1S/C5H6N2O2S2/c8-4-6-11(7-5-9)3-1-2-10-11/h1-3H2. The molecule has 0 amide bonds. The summed E-state index contributed by atoms with van der Waals surface area (Å²) in [6.07, 6.45) is 3.86. The van der Waals surface area contributed by atoms with Crippen molar-refractivity contribution in [2.45, 2.75) is 6.42 Å². The summed E-state index contributed by atoms with van der Waals surface area (Å²) in [6, 6.07) is 0. The van der Waals surface area contributed by atoms with E-state index in [-0.39, 0.29) is 0 Å². The summed E-state index contributed by atoms with van der Waals surface area (Å²) in [6.45, 7) is 0. The van der Waals surface area contributed by atoms with E-state index in [4.69, 9.17) is 0 Å². The molecule has 0 unspecified atom stereocenters. The van der Waals surface area contributed by atoms with Gasteiger partial charge in [0.2, 0.25) is 12.2 Å². The zero-order valence-corrected chi connectivity index (χ0v) is 7.28. The molecule has 0 atom stereocenters. The molecule has 0 aromatic heterocycles. The highest BCUT2D eigenvalue weighted by molar-refractivity contribution is 8.93. The van der Waals surface area contributed by atoms with Gasteiger partial charge >= 0.3 is 0 Å². The molecular formula is C5H6N2O2S2. The quantitative estimate of drug-likeness (QED) is 0.375. The van der Waals surface area contributed by atoms with Gasteiger partial charge in [-0.2, -0.15) is 0 Å². The molecule has 1 saturated heterocycles. The molecule has 0 bridgehead atoms. The van der Waals surface area contributed by atoms with E-state index in [0.29, 0.717) is 5.75 Å². The average Bonchev–Trinajstić information content (AvgIpc) is 2.39. The molecule has 0 aliphatic carbocycles. The minimum Gasteiger partial charge on any atom is -0.210 e. The molecule has 0 aromatic carbocycles. The molecule has 1 aliphatic heterocycles. The van der Waals surface area contributed by atoms with Crippen LogP contribution in [0.25, 0.3) is 0 Å². The molecule has 1 fully saturated rings. The Labute approximate surface area is 69.2 Å². The van der Waals surface area contributed by atoms with E-state index >= 15 is 0 Å². The Morgan fingerprint density at radius 3 is 2.27 bits per heavy atom. The van der Waals surface area contributed by atoms with Crippen molar-refractivity contribution in [1.82, 2.24) is 0 Å². The van der Waals surface area contributed by atoms with Crippen LogP contribution < -0.4 is 0 Å². The Balaban J connectivity index is 2.86. The number of isocyanates is 2. The van der Waals surface area contributed by atoms with Gasteiger partial charge in [0, 0.05) is 20.9 Å². The third-order valence-electron chi connectivity index (χ3n) is 1.19. The molecule has 1 rings (SSSR count). The molecular weight excluding hydrogens is 184 g/mol. The van der Waals surface area contributed by atoms with Gasteiger partial charge in [-0.25, -0.2) is 9.59 Å². The van der Waals surface area contributed by atoms with E-state index < -0.39 is 9.43 Å². The highest BCUT2D eigenvalue weighted by Gasteiger charge is 2.28. The van der Waals surface area contributed by atoms with E-state index in [1.807, 2.05) is 0 Å². The van der Waals surface area contributed by atoms with E-state index in [1.54, 1.807) is 0 Å². The number of carbonyl (C=O) groups excluding carboxylic acids is 2. The van der Waals surface area contributed by atoms with Gasteiger partial charge in [0.25, 0.3) is 0 Å². The van der Waals surface area contributed by atoms with Crippen molar-refractivity contribution >= 4 is 32.4 Å². The Kier molecular flexibility index (Phi) is 2.91. The summed E-state index contributed by atoms with van der Waals surface area (Å²) in [5, 5.41) is 0. The molecule has 0 N–H and O–H groups in total. The van der Waals surface area contributed by atoms with Gasteiger partial charge in [-0.15, -0.1) is 8.80 Å². The van der Waals surface area contributed by atoms with Crippen LogP contribution in [-0.2, 0) is 9.59 Å². The Bertz CT molecular complexity index is 217. The molecule has 6 heteroatoms.